The second-order valence-electron chi connectivity index (χ2n) is 4.81. The Morgan fingerprint density at radius 2 is 2.10 bits per heavy atom. The number of hydrogen-bond donors (Lipinski definition) is 1. The Hall–Kier alpha value is -1.46. The number of aryl methyl sites for hydroxylation is 1. The van der Waals surface area contributed by atoms with Gasteiger partial charge in [0.05, 0.1) is 4.47 Å². The topological polar surface area (TPSA) is 34.2 Å². The lowest BCUT2D eigenvalue weighted by Gasteiger charge is -2.10. The molecule has 0 amide bonds. The molecule has 1 N–H and O–H groups in total. The van der Waals surface area contributed by atoms with Crippen LogP contribution in [0.5, 0.6) is 11.6 Å². The molecule has 0 bridgehead atoms. The van der Waals surface area contributed by atoms with Crippen molar-refractivity contribution in [1.29, 1.82) is 0 Å². The number of pyridine rings is 1. The minimum absolute atomic E-state index is 0.342. The van der Waals surface area contributed by atoms with Crippen LogP contribution in [0.15, 0.2) is 34.8 Å². The SMILES string of the molecule is CCCNCc1cc(C)nc(Oc2cc(F)ccc2Br)c1. The minimum atomic E-state index is -0.342. The molecule has 0 fully saturated rings. The molecule has 3 nitrogen and oxygen atoms in total. The van der Waals surface area contributed by atoms with E-state index in [0.717, 1.165) is 30.8 Å². The van der Waals surface area contributed by atoms with Gasteiger partial charge in [-0.15, -0.1) is 0 Å². The summed E-state index contributed by atoms with van der Waals surface area (Å²) < 4.78 is 19.7. The quantitative estimate of drug-likeness (QED) is 0.772. The molecular weight excluding hydrogens is 335 g/mol. The van der Waals surface area contributed by atoms with Crippen molar-refractivity contribution in [1.82, 2.24) is 10.3 Å². The van der Waals surface area contributed by atoms with Gasteiger partial charge >= 0.3 is 0 Å². The summed E-state index contributed by atoms with van der Waals surface area (Å²) in [5.74, 6) is 0.542. The fourth-order valence-corrected chi connectivity index (χ4v) is 2.27. The lowest BCUT2D eigenvalue weighted by atomic mass is 10.2. The molecule has 1 aromatic carbocycles. The number of benzene rings is 1. The van der Waals surface area contributed by atoms with Crippen LogP contribution >= 0.6 is 15.9 Å². The Kier molecular flexibility index (Phi) is 5.70. The van der Waals surface area contributed by atoms with Crippen LogP contribution in [0.2, 0.25) is 0 Å². The maximum Gasteiger partial charge on any atom is 0.219 e. The summed E-state index contributed by atoms with van der Waals surface area (Å²) in [5.41, 5.74) is 1.96. The molecule has 0 atom stereocenters. The van der Waals surface area contributed by atoms with E-state index < -0.39 is 0 Å². The maximum atomic E-state index is 13.3. The van der Waals surface area contributed by atoms with Gasteiger partial charge in [0.2, 0.25) is 5.88 Å². The fourth-order valence-electron chi connectivity index (χ4n) is 1.94. The third-order valence-corrected chi connectivity index (χ3v) is 3.51. The summed E-state index contributed by atoms with van der Waals surface area (Å²) >= 11 is 3.34. The van der Waals surface area contributed by atoms with E-state index in [1.807, 2.05) is 19.1 Å². The van der Waals surface area contributed by atoms with Gasteiger partial charge in [0, 0.05) is 24.4 Å². The molecule has 0 saturated heterocycles. The van der Waals surface area contributed by atoms with E-state index in [2.05, 4.69) is 33.2 Å². The second kappa shape index (κ2) is 7.52. The molecule has 5 heteroatoms. The van der Waals surface area contributed by atoms with Crippen LogP contribution in [0.4, 0.5) is 4.39 Å². The number of nitrogens with one attached hydrogen (secondary N) is 1. The average molecular weight is 353 g/mol. The van der Waals surface area contributed by atoms with Crippen LogP contribution in [-0.2, 0) is 6.54 Å². The lowest BCUT2D eigenvalue weighted by Crippen LogP contribution is -2.14. The van der Waals surface area contributed by atoms with Crippen molar-refractivity contribution in [3.05, 3.63) is 51.9 Å². The van der Waals surface area contributed by atoms with Gasteiger partial charge in [0.15, 0.2) is 0 Å². The Bertz CT molecular complexity index is 619. The highest BCUT2D eigenvalue weighted by atomic mass is 79.9. The van der Waals surface area contributed by atoms with Crippen LogP contribution in [0.1, 0.15) is 24.6 Å². The maximum absolute atomic E-state index is 13.3. The van der Waals surface area contributed by atoms with Gasteiger partial charge < -0.3 is 10.1 Å². The molecule has 2 rings (SSSR count). The molecule has 0 aliphatic heterocycles. The zero-order chi connectivity index (χ0) is 15.2. The van der Waals surface area contributed by atoms with Gasteiger partial charge in [-0.05, 0) is 59.6 Å². The predicted molar refractivity (Wildman–Crippen MR) is 85.1 cm³/mol. The van der Waals surface area contributed by atoms with Gasteiger partial charge in [-0.3, -0.25) is 0 Å². The molecule has 0 aliphatic carbocycles. The monoisotopic (exact) mass is 352 g/mol. The van der Waals surface area contributed by atoms with E-state index in [1.54, 1.807) is 6.07 Å². The van der Waals surface area contributed by atoms with Crippen molar-refractivity contribution in [2.45, 2.75) is 26.8 Å². The normalized spacial score (nSPS) is 10.7. The van der Waals surface area contributed by atoms with Gasteiger partial charge in [-0.2, -0.15) is 0 Å². The number of rotatable bonds is 6. The molecule has 2 aromatic rings. The standard InChI is InChI=1S/C16H18BrFN2O/c1-3-6-19-10-12-7-11(2)20-16(8-12)21-15-9-13(18)4-5-14(15)17/h4-5,7-9,19H,3,6,10H2,1-2H3. The first kappa shape index (κ1) is 15.9. The third-order valence-electron chi connectivity index (χ3n) is 2.85. The van der Waals surface area contributed by atoms with Crippen LogP contribution in [0.25, 0.3) is 0 Å². The first-order valence-electron chi connectivity index (χ1n) is 6.89. The molecular formula is C16H18BrFN2O. The zero-order valence-corrected chi connectivity index (χ0v) is 13.7. The first-order chi connectivity index (χ1) is 10.1. The highest BCUT2D eigenvalue weighted by Crippen LogP contribution is 2.30. The van der Waals surface area contributed by atoms with Gasteiger partial charge in [-0.1, -0.05) is 6.92 Å². The number of halogens is 2. The highest BCUT2D eigenvalue weighted by Gasteiger charge is 2.07. The summed E-state index contributed by atoms with van der Waals surface area (Å²) in [6.45, 7) is 5.77. The molecule has 1 heterocycles. The van der Waals surface area contributed by atoms with Crippen LogP contribution in [0.3, 0.4) is 0 Å². The molecule has 0 saturated carbocycles. The Balaban J connectivity index is 2.17. The second-order valence-corrected chi connectivity index (χ2v) is 5.66. The summed E-state index contributed by atoms with van der Waals surface area (Å²) in [4.78, 5) is 4.33. The van der Waals surface area contributed by atoms with Crippen molar-refractivity contribution in [2.75, 3.05) is 6.54 Å². The summed E-state index contributed by atoms with van der Waals surface area (Å²) in [5, 5.41) is 3.34. The van der Waals surface area contributed by atoms with Gasteiger partial charge in [0.25, 0.3) is 0 Å². The molecule has 0 spiro atoms. The molecule has 0 unspecified atom stereocenters. The number of hydrogen-bond acceptors (Lipinski definition) is 3. The lowest BCUT2D eigenvalue weighted by molar-refractivity contribution is 0.453. The smallest absolute Gasteiger partial charge is 0.219 e. The van der Waals surface area contributed by atoms with Crippen molar-refractivity contribution in [3.63, 3.8) is 0 Å². The van der Waals surface area contributed by atoms with E-state index >= 15 is 0 Å². The molecule has 1 aromatic heterocycles. The van der Waals surface area contributed by atoms with E-state index in [9.17, 15) is 4.39 Å². The van der Waals surface area contributed by atoms with Crippen molar-refractivity contribution in [2.24, 2.45) is 0 Å². The largest absolute Gasteiger partial charge is 0.438 e. The highest BCUT2D eigenvalue weighted by molar-refractivity contribution is 9.10. The summed E-state index contributed by atoms with van der Waals surface area (Å²) in [6, 6.07) is 8.21. The Labute approximate surface area is 132 Å². The number of nitrogens with zero attached hydrogens (tertiary/aromatic N) is 1. The van der Waals surface area contributed by atoms with Crippen molar-refractivity contribution >= 4 is 15.9 Å². The molecule has 0 radical (unpaired) electrons. The predicted octanol–water partition coefficient (Wildman–Crippen LogP) is 4.58. The molecule has 21 heavy (non-hydrogen) atoms. The van der Waals surface area contributed by atoms with Gasteiger partial charge in [0.1, 0.15) is 11.6 Å². The van der Waals surface area contributed by atoms with E-state index in [-0.39, 0.29) is 5.82 Å². The van der Waals surface area contributed by atoms with Crippen LogP contribution in [-0.4, -0.2) is 11.5 Å². The zero-order valence-electron chi connectivity index (χ0n) is 12.1. The van der Waals surface area contributed by atoms with Crippen LogP contribution in [0, 0.1) is 12.7 Å². The van der Waals surface area contributed by atoms with E-state index in [4.69, 9.17) is 4.74 Å². The van der Waals surface area contributed by atoms with E-state index in [0.29, 0.717) is 16.1 Å². The van der Waals surface area contributed by atoms with Crippen molar-refractivity contribution in [3.8, 4) is 11.6 Å². The van der Waals surface area contributed by atoms with Gasteiger partial charge in [-0.25, -0.2) is 9.37 Å². The first-order valence-corrected chi connectivity index (χ1v) is 7.69. The number of ether oxygens (including phenoxy) is 1. The summed E-state index contributed by atoms with van der Waals surface area (Å²) in [7, 11) is 0. The molecule has 0 aliphatic rings. The average Bonchev–Trinajstić information content (AvgIpc) is 2.43. The van der Waals surface area contributed by atoms with E-state index in [1.165, 1.54) is 12.1 Å². The summed E-state index contributed by atoms with van der Waals surface area (Å²) in [6.07, 6.45) is 1.09. The molecule has 112 valence electrons. The van der Waals surface area contributed by atoms with Crippen molar-refractivity contribution < 1.29 is 9.13 Å². The number of aromatic nitrogens is 1. The Morgan fingerprint density at radius 1 is 1.29 bits per heavy atom. The Morgan fingerprint density at radius 3 is 2.86 bits per heavy atom. The third kappa shape index (κ3) is 4.79. The fraction of sp³-hybridized carbons (Fsp3) is 0.312. The van der Waals surface area contributed by atoms with Crippen LogP contribution < -0.4 is 10.1 Å². The minimum Gasteiger partial charge on any atom is -0.438 e.